The molecule has 0 bridgehead atoms. The molecule has 1 unspecified atom stereocenters. The lowest BCUT2D eigenvalue weighted by molar-refractivity contribution is -0.125. The second-order valence-corrected chi connectivity index (χ2v) is 11.2. The van der Waals surface area contributed by atoms with Gasteiger partial charge in [0.25, 0.3) is 5.91 Å². The Labute approximate surface area is 200 Å². The second kappa shape index (κ2) is 11.3. The summed E-state index contributed by atoms with van der Waals surface area (Å²) in [6.07, 6.45) is -0.286. The quantitative estimate of drug-likeness (QED) is 0.281. The van der Waals surface area contributed by atoms with Crippen molar-refractivity contribution in [2.24, 2.45) is 0 Å². The van der Waals surface area contributed by atoms with E-state index in [4.69, 9.17) is 10.1 Å². The van der Waals surface area contributed by atoms with E-state index < -0.39 is 26.7 Å². The van der Waals surface area contributed by atoms with Crippen LogP contribution in [-0.4, -0.2) is 38.5 Å². The van der Waals surface area contributed by atoms with Crippen LogP contribution in [-0.2, 0) is 9.59 Å². The molecule has 176 valence electrons. The van der Waals surface area contributed by atoms with Gasteiger partial charge in [0.05, 0.1) is 28.0 Å². The fourth-order valence-electron chi connectivity index (χ4n) is 3.46. The number of ether oxygens (including phenoxy) is 1. The first-order valence-electron chi connectivity index (χ1n) is 11.0. The van der Waals surface area contributed by atoms with Crippen LogP contribution in [0, 0.1) is 5.41 Å². The molecule has 4 N–H and O–H groups in total. The average Bonchev–Trinajstić information content (AvgIpc) is 2.83. The van der Waals surface area contributed by atoms with E-state index in [0.29, 0.717) is 17.0 Å². The lowest BCUT2D eigenvalue weighted by Crippen LogP contribution is -2.37. The topological polar surface area (TPSA) is 112 Å². The van der Waals surface area contributed by atoms with Crippen molar-refractivity contribution in [2.45, 2.75) is 25.6 Å². The third kappa shape index (κ3) is 6.32. The molecular weight excluding hydrogens is 446 g/mol. The zero-order valence-electron chi connectivity index (χ0n) is 19.5. The monoisotopic (exact) mass is 475 g/mol. The summed E-state index contributed by atoms with van der Waals surface area (Å²) in [5, 5.41) is 25.1. The molecule has 0 fully saturated rings. The first kappa shape index (κ1) is 24.7. The number of methoxy groups -OCH3 is 1. The van der Waals surface area contributed by atoms with Crippen LogP contribution in [0.1, 0.15) is 23.6 Å². The number of aromatic hydroxyl groups is 1. The van der Waals surface area contributed by atoms with Crippen LogP contribution >= 0.6 is 0 Å². The maximum Gasteiger partial charge on any atom is 0.251 e. The van der Waals surface area contributed by atoms with Crippen molar-refractivity contribution >= 4 is 37.2 Å². The summed E-state index contributed by atoms with van der Waals surface area (Å²) in [7, 11) is 0.606. The molecule has 0 heterocycles. The van der Waals surface area contributed by atoms with Crippen molar-refractivity contribution in [1.29, 1.82) is 5.41 Å². The molecule has 0 aliphatic rings. The molecule has 2 amide bonds. The maximum absolute atomic E-state index is 13.2. The first-order chi connectivity index (χ1) is 16.3. The number of hydrogen-bond donors (Lipinski definition) is 4. The van der Waals surface area contributed by atoms with E-state index >= 15 is 0 Å². The number of carbonyl (C=O) groups excluding carboxylic acids is 2. The van der Waals surface area contributed by atoms with Crippen molar-refractivity contribution in [3.63, 3.8) is 0 Å². The van der Waals surface area contributed by atoms with Crippen LogP contribution in [0.4, 0.5) is 5.69 Å². The van der Waals surface area contributed by atoms with Gasteiger partial charge in [-0.25, -0.2) is 0 Å². The van der Waals surface area contributed by atoms with Gasteiger partial charge in [0, 0.05) is 11.3 Å². The van der Waals surface area contributed by atoms with Gasteiger partial charge in [0.15, 0.2) is 0 Å². The molecule has 0 spiro atoms. The lowest BCUT2D eigenvalue weighted by atomic mass is 10.0. The number of para-hydroxylation sites is 1. The maximum atomic E-state index is 13.2. The Balaban J connectivity index is 1.78. The molecule has 34 heavy (non-hydrogen) atoms. The number of rotatable bonds is 9. The van der Waals surface area contributed by atoms with Gasteiger partial charge in [0.1, 0.15) is 17.5 Å². The van der Waals surface area contributed by atoms with Crippen molar-refractivity contribution in [3.05, 3.63) is 83.9 Å². The van der Waals surface area contributed by atoms with Gasteiger partial charge in [-0.2, -0.15) is 0 Å². The molecule has 7 nitrogen and oxygen atoms in total. The van der Waals surface area contributed by atoms with Crippen molar-refractivity contribution in [3.8, 4) is 11.5 Å². The number of carbonyl (C=O) groups is 2. The summed E-state index contributed by atoms with van der Waals surface area (Å²) < 4.78 is 5.19. The van der Waals surface area contributed by atoms with Gasteiger partial charge in [-0.05, 0) is 42.0 Å². The highest BCUT2D eigenvalue weighted by atomic mass is 28.3. The Morgan fingerprint density at radius 2 is 1.65 bits per heavy atom. The molecule has 1 atom stereocenters. The molecule has 3 aromatic rings. The third-order valence-corrected chi connectivity index (χ3v) is 7.15. The average molecular weight is 476 g/mol. The zero-order valence-corrected chi connectivity index (χ0v) is 20.6. The minimum atomic E-state index is -0.977. The standard InChI is InChI=1S/C26H29N3O4Si/c1-33-19-12-8-17(9-13-19)25(26(32)28-18-10-14-20(15-11-18)34(2)3)29-24(31)16-22(27)21-6-4-5-7-23(21)30/h4-15,25,27,30,34H,16H2,1-3H3,(H,28,32)(H,29,31). The summed E-state index contributed by atoms with van der Waals surface area (Å²) in [6, 6.07) is 20.0. The largest absolute Gasteiger partial charge is 0.507 e. The highest BCUT2D eigenvalue weighted by Gasteiger charge is 2.24. The predicted molar refractivity (Wildman–Crippen MR) is 137 cm³/mol. The normalized spacial score (nSPS) is 11.5. The SMILES string of the molecule is COc1ccc(C(NC(=O)CC(=N)c2ccccc2O)C(=O)Nc2ccc([SiH](C)C)cc2)cc1. The summed E-state index contributed by atoms with van der Waals surface area (Å²) in [4.78, 5) is 26.0. The molecule has 0 aliphatic carbocycles. The number of benzene rings is 3. The van der Waals surface area contributed by atoms with Gasteiger partial charge >= 0.3 is 0 Å². The first-order valence-corrected chi connectivity index (χ1v) is 13.9. The van der Waals surface area contributed by atoms with Gasteiger partial charge in [0.2, 0.25) is 5.91 Å². The zero-order chi connectivity index (χ0) is 24.7. The van der Waals surface area contributed by atoms with E-state index in [1.54, 1.807) is 49.6 Å². The summed E-state index contributed by atoms with van der Waals surface area (Å²) in [6.45, 7) is 4.46. The Bertz CT molecular complexity index is 1160. The fourth-order valence-corrected chi connectivity index (χ4v) is 4.42. The summed E-state index contributed by atoms with van der Waals surface area (Å²) >= 11 is 0. The van der Waals surface area contributed by atoms with Crippen molar-refractivity contribution in [2.75, 3.05) is 12.4 Å². The number of anilines is 1. The number of hydrogen-bond acceptors (Lipinski definition) is 5. The highest BCUT2D eigenvalue weighted by Crippen LogP contribution is 2.21. The number of phenolic OH excluding ortho intramolecular Hbond substituents is 1. The molecule has 3 rings (SSSR count). The van der Waals surface area contributed by atoms with Crippen LogP contribution < -0.4 is 20.6 Å². The second-order valence-electron chi connectivity index (χ2n) is 8.21. The van der Waals surface area contributed by atoms with Gasteiger partial charge in [-0.3, -0.25) is 9.59 Å². The molecule has 0 aliphatic heterocycles. The van der Waals surface area contributed by atoms with Gasteiger partial charge < -0.3 is 25.9 Å². The van der Waals surface area contributed by atoms with E-state index in [9.17, 15) is 14.7 Å². The lowest BCUT2D eigenvalue weighted by Gasteiger charge is -2.20. The molecule has 8 heteroatoms. The number of nitrogens with one attached hydrogen (secondary N) is 3. The van der Waals surface area contributed by atoms with E-state index in [1.807, 2.05) is 24.3 Å². The van der Waals surface area contributed by atoms with Crippen LogP contribution in [0.2, 0.25) is 13.1 Å². The molecule has 0 saturated heterocycles. The van der Waals surface area contributed by atoms with Crippen LogP contribution in [0.5, 0.6) is 11.5 Å². The van der Waals surface area contributed by atoms with Crippen LogP contribution in [0.25, 0.3) is 0 Å². The van der Waals surface area contributed by atoms with Crippen molar-refractivity contribution in [1.82, 2.24) is 5.32 Å². The Hall–Kier alpha value is -3.91. The molecule has 3 aromatic carbocycles. The molecule has 0 aromatic heterocycles. The van der Waals surface area contributed by atoms with E-state index in [2.05, 4.69) is 23.7 Å². The minimum Gasteiger partial charge on any atom is -0.507 e. The Morgan fingerprint density at radius 3 is 2.24 bits per heavy atom. The number of amides is 2. The van der Waals surface area contributed by atoms with E-state index in [1.165, 1.54) is 11.3 Å². The van der Waals surface area contributed by atoms with Crippen LogP contribution in [0.15, 0.2) is 72.8 Å². The molecule has 0 saturated carbocycles. The summed E-state index contributed by atoms with van der Waals surface area (Å²) in [5.41, 5.74) is 1.44. The number of phenols is 1. The third-order valence-electron chi connectivity index (χ3n) is 5.43. The smallest absolute Gasteiger partial charge is 0.251 e. The van der Waals surface area contributed by atoms with Crippen molar-refractivity contribution < 1.29 is 19.4 Å². The van der Waals surface area contributed by atoms with Gasteiger partial charge in [-0.15, -0.1) is 0 Å². The molecule has 0 radical (unpaired) electrons. The van der Waals surface area contributed by atoms with Crippen LogP contribution in [0.3, 0.4) is 0 Å². The fraction of sp³-hybridized carbons (Fsp3) is 0.192. The van der Waals surface area contributed by atoms with E-state index in [0.717, 1.165) is 0 Å². The predicted octanol–water partition coefficient (Wildman–Crippen LogP) is 3.35. The Morgan fingerprint density at radius 1 is 1.00 bits per heavy atom. The van der Waals surface area contributed by atoms with Gasteiger partial charge in [-0.1, -0.05) is 54.7 Å². The minimum absolute atomic E-state index is 0.0436. The molecular formula is C26H29N3O4Si. The Kier molecular flexibility index (Phi) is 8.21. The summed E-state index contributed by atoms with van der Waals surface area (Å²) in [5.74, 6) is -0.353. The highest BCUT2D eigenvalue weighted by molar-refractivity contribution is 6.70. The van der Waals surface area contributed by atoms with E-state index in [-0.39, 0.29) is 23.4 Å².